The van der Waals surface area contributed by atoms with Crippen LogP contribution >= 0.6 is 12.4 Å². The molecule has 2 atom stereocenters. The highest BCUT2D eigenvalue weighted by Crippen LogP contribution is 2.21. The van der Waals surface area contributed by atoms with Crippen molar-refractivity contribution in [1.29, 1.82) is 5.26 Å². The number of ether oxygens (including phenoxy) is 1. The number of fused-ring (bicyclic) bond motifs is 2. The van der Waals surface area contributed by atoms with Gasteiger partial charge in [-0.3, -0.25) is 9.80 Å². The van der Waals surface area contributed by atoms with E-state index in [9.17, 15) is 0 Å². The maximum atomic E-state index is 8.86. The molecule has 0 radical (unpaired) electrons. The molecule has 1 aromatic carbocycles. The summed E-state index contributed by atoms with van der Waals surface area (Å²) in [5.41, 5.74) is 7.59. The SMILES string of the molecule is Cl.N#Cc1ccc(CN2CC3CN(CCCN)CC(C2)O3)cc1. The van der Waals surface area contributed by atoms with Crippen LogP contribution in [0.1, 0.15) is 17.5 Å². The van der Waals surface area contributed by atoms with E-state index >= 15 is 0 Å². The fourth-order valence-corrected chi connectivity index (χ4v) is 3.43. The van der Waals surface area contributed by atoms with Crippen LogP contribution in [0, 0.1) is 11.3 Å². The number of morpholine rings is 2. The summed E-state index contributed by atoms with van der Waals surface area (Å²) in [6.07, 6.45) is 1.68. The van der Waals surface area contributed by atoms with E-state index in [0.717, 1.165) is 57.8 Å². The van der Waals surface area contributed by atoms with Crippen LogP contribution in [-0.4, -0.2) is 61.3 Å². The summed E-state index contributed by atoms with van der Waals surface area (Å²) in [5, 5.41) is 8.86. The van der Waals surface area contributed by atoms with Gasteiger partial charge >= 0.3 is 0 Å². The molecule has 3 rings (SSSR count). The third-order valence-corrected chi connectivity index (χ3v) is 4.40. The largest absolute Gasteiger partial charge is 0.370 e. The third-order valence-electron chi connectivity index (χ3n) is 4.40. The average Bonchev–Trinajstić information content (AvgIpc) is 2.53. The monoisotopic (exact) mass is 336 g/mol. The lowest BCUT2D eigenvalue weighted by Gasteiger charge is -2.46. The fraction of sp³-hybridized carbons (Fsp3) is 0.588. The first-order chi connectivity index (χ1) is 10.8. The van der Waals surface area contributed by atoms with Crippen molar-refractivity contribution in [1.82, 2.24) is 9.80 Å². The number of hydrogen-bond donors (Lipinski definition) is 1. The molecule has 23 heavy (non-hydrogen) atoms. The van der Waals surface area contributed by atoms with Gasteiger partial charge in [-0.25, -0.2) is 0 Å². The molecule has 2 fully saturated rings. The highest BCUT2D eigenvalue weighted by molar-refractivity contribution is 5.85. The maximum absolute atomic E-state index is 8.86. The maximum Gasteiger partial charge on any atom is 0.0991 e. The number of nitrogens with zero attached hydrogens (tertiary/aromatic N) is 3. The van der Waals surface area contributed by atoms with Crippen LogP contribution in [0.25, 0.3) is 0 Å². The van der Waals surface area contributed by atoms with E-state index in [1.807, 2.05) is 12.1 Å². The first-order valence-electron chi connectivity index (χ1n) is 8.06. The summed E-state index contributed by atoms with van der Waals surface area (Å²) in [6, 6.07) is 10.1. The Bertz CT molecular complexity index is 516. The zero-order valence-corrected chi connectivity index (χ0v) is 14.2. The van der Waals surface area contributed by atoms with E-state index in [-0.39, 0.29) is 12.4 Å². The Kier molecular flexibility index (Phi) is 6.82. The van der Waals surface area contributed by atoms with E-state index < -0.39 is 0 Å². The van der Waals surface area contributed by atoms with Crippen molar-refractivity contribution in [2.45, 2.75) is 25.2 Å². The molecule has 126 valence electrons. The Labute approximate surface area is 144 Å². The van der Waals surface area contributed by atoms with Crippen molar-refractivity contribution in [2.75, 3.05) is 39.3 Å². The number of benzene rings is 1. The molecular formula is C17H25ClN4O. The molecule has 0 amide bonds. The molecule has 0 saturated carbocycles. The van der Waals surface area contributed by atoms with E-state index in [4.69, 9.17) is 15.7 Å². The van der Waals surface area contributed by atoms with E-state index in [1.165, 1.54) is 5.56 Å². The van der Waals surface area contributed by atoms with Gasteiger partial charge in [-0.1, -0.05) is 12.1 Å². The van der Waals surface area contributed by atoms with Gasteiger partial charge in [0.05, 0.1) is 23.8 Å². The van der Waals surface area contributed by atoms with Crippen molar-refractivity contribution >= 4 is 12.4 Å². The second-order valence-electron chi connectivity index (χ2n) is 6.28. The van der Waals surface area contributed by atoms with Gasteiger partial charge in [0.25, 0.3) is 0 Å². The Balaban J connectivity index is 0.00000192. The van der Waals surface area contributed by atoms with Crippen LogP contribution in [0.15, 0.2) is 24.3 Å². The number of nitriles is 1. The van der Waals surface area contributed by atoms with Gasteiger partial charge in [-0.15, -0.1) is 12.4 Å². The normalized spacial score (nSPS) is 24.7. The highest BCUT2D eigenvalue weighted by atomic mass is 35.5. The predicted octanol–water partition coefficient (Wildman–Crippen LogP) is 1.21. The molecule has 2 N–H and O–H groups in total. The standard InChI is InChI=1S/C17H24N4O.ClH/c18-6-1-7-20-10-16-12-21(13-17(11-20)22-16)9-15-4-2-14(8-19)3-5-15;/h2-5,16-17H,1,6-7,9-13,18H2;1H. The molecule has 0 spiro atoms. The molecule has 2 unspecified atom stereocenters. The summed E-state index contributed by atoms with van der Waals surface area (Å²) in [7, 11) is 0. The number of nitrogens with two attached hydrogens (primary N) is 1. The minimum atomic E-state index is 0. The molecular weight excluding hydrogens is 312 g/mol. The highest BCUT2D eigenvalue weighted by Gasteiger charge is 2.34. The second kappa shape index (κ2) is 8.62. The topological polar surface area (TPSA) is 65.5 Å². The van der Waals surface area contributed by atoms with Crippen LogP contribution in [0.2, 0.25) is 0 Å². The van der Waals surface area contributed by atoms with Gasteiger partial charge in [0.2, 0.25) is 0 Å². The van der Waals surface area contributed by atoms with E-state index in [0.29, 0.717) is 12.2 Å². The van der Waals surface area contributed by atoms with E-state index in [2.05, 4.69) is 28.0 Å². The zero-order chi connectivity index (χ0) is 15.4. The van der Waals surface area contributed by atoms with Crippen LogP contribution in [0.5, 0.6) is 0 Å². The minimum Gasteiger partial charge on any atom is -0.370 e. The van der Waals surface area contributed by atoms with Crippen LogP contribution in [0.4, 0.5) is 0 Å². The lowest BCUT2D eigenvalue weighted by atomic mass is 10.1. The first-order valence-corrected chi connectivity index (χ1v) is 8.06. The van der Waals surface area contributed by atoms with Gasteiger partial charge in [0.1, 0.15) is 0 Å². The molecule has 2 aliphatic heterocycles. The van der Waals surface area contributed by atoms with Gasteiger partial charge in [0, 0.05) is 32.7 Å². The van der Waals surface area contributed by atoms with Crippen molar-refractivity contribution in [2.24, 2.45) is 5.73 Å². The van der Waals surface area contributed by atoms with Gasteiger partial charge in [-0.05, 0) is 37.2 Å². The molecule has 0 aromatic heterocycles. The van der Waals surface area contributed by atoms with Crippen LogP contribution in [-0.2, 0) is 11.3 Å². The molecule has 2 heterocycles. The molecule has 6 heteroatoms. The Morgan fingerprint density at radius 3 is 2.26 bits per heavy atom. The van der Waals surface area contributed by atoms with Gasteiger partial charge in [-0.2, -0.15) is 5.26 Å². The first kappa shape index (κ1) is 18.2. The summed E-state index contributed by atoms with van der Waals surface area (Å²) >= 11 is 0. The Morgan fingerprint density at radius 2 is 1.70 bits per heavy atom. The molecule has 2 saturated heterocycles. The molecule has 2 aliphatic rings. The molecule has 1 aromatic rings. The van der Waals surface area contributed by atoms with Crippen LogP contribution < -0.4 is 5.73 Å². The van der Waals surface area contributed by atoms with Crippen molar-refractivity contribution in [3.05, 3.63) is 35.4 Å². The minimum absolute atomic E-state index is 0. The smallest absolute Gasteiger partial charge is 0.0991 e. The Morgan fingerprint density at radius 1 is 1.09 bits per heavy atom. The number of rotatable bonds is 5. The summed E-state index contributed by atoms with van der Waals surface area (Å²) < 4.78 is 6.08. The molecule has 2 bridgehead atoms. The molecule has 5 nitrogen and oxygen atoms in total. The van der Waals surface area contributed by atoms with Gasteiger partial charge < -0.3 is 10.5 Å². The summed E-state index contributed by atoms with van der Waals surface area (Å²) in [4.78, 5) is 4.96. The van der Waals surface area contributed by atoms with Crippen molar-refractivity contribution < 1.29 is 4.74 Å². The quantitative estimate of drug-likeness (QED) is 0.875. The van der Waals surface area contributed by atoms with Crippen molar-refractivity contribution in [3.8, 4) is 6.07 Å². The van der Waals surface area contributed by atoms with Gasteiger partial charge in [0.15, 0.2) is 0 Å². The summed E-state index contributed by atoms with van der Waals surface area (Å²) in [5.74, 6) is 0. The van der Waals surface area contributed by atoms with Crippen molar-refractivity contribution in [3.63, 3.8) is 0 Å². The Hall–Kier alpha value is -1.16. The number of hydrogen-bond acceptors (Lipinski definition) is 5. The summed E-state index contributed by atoms with van der Waals surface area (Å²) in [6.45, 7) is 6.77. The predicted molar refractivity (Wildman–Crippen MR) is 92.5 cm³/mol. The third kappa shape index (κ3) is 4.90. The zero-order valence-electron chi connectivity index (χ0n) is 13.4. The second-order valence-corrected chi connectivity index (χ2v) is 6.28. The van der Waals surface area contributed by atoms with Crippen LogP contribution in [0.3, 0.4) is 0 Å². The van der Waals surface area contributed by atoms with E-state index in [1.54, 1.807) is 0 Å². The lowest BCUT2D eigenvalue weighted by molar-refractivity contribution is -0.140. The fourth-order valence-electron chi connectivity index (χ4n) is 3.43. The lowest BCUT2D eigenvalue weighted by Crippen LogP contribution is -2.59. The number of halogens is 1. The molecule has 0 aliphatic carbocycles. The average molecular weight is 337 g/mol.